The highest BCUT2D eigenvalue weighted by Gasteiger charge is 2.37. The minimum Gasteiger partial charge on any atom is -0.358 e. The van der Waals surface area contributed by atoms with E-state index in [1.165, 1.54) is 5.56 Å². The third-order valence-corrected chi connectivity index (χ3v) is 6.32. The Morgan fingerprint density at radius 2 is 1.94 bits per heavy atom. The quantitative estimate of drug-likeness (QED) is 0.699. The van der Waals surface area contributed by atoms with Gasteiger partial charge in [-0.05, 0) is 63.0 Å². The number of anilines is 2. The number of hydrogen-bond donors (Lipinski definition) is 1. The number of nitrogens with zero attached hydrogens (tertiary/aromatic N) is 3. The van der Waals surface area contributed by atoms with Gasteiger partial charge in [-0.25, -0.2) is 0 Å². The second-order valence-electron chi connectivity index (χ2n) is 8.64. The summed E-state index contributed by atoms with van der Waals surface area (Å²) in [6.45, 7) is 3.34. The molecule has 164 valence electrons. The topological polar surface area (TPSA) is 55.9 Å². The van der Waals surface area contributed by atoms with Crippen LogP contribution in [0.5, 0.6) is 0 Å². The predicted molar refractivity (Wildman–Crippen MR) is 125 cm³/mol. The van der Waals surface area contributed by atoms with Gasteiger partial charge >= 0.3 is 0 Å². The molecule has 0 unspecified atom stereocenters. The molecule has 2 aliphatic heterocycles. The SMILES string of the molecule is CN(CCCNC(=O)c1ccc2c(c1)N(C)C(=O)[C@@H]1CCCCN21)Cc1ccccc1. The summed E-state index contributed by atoms with van der Waals surface area (Å²) in [6.07, 6.45) is 3.99. The molecule has 6 heteroatoms. The molecule has 0 spiro atoms. The van der Waals surface area contributed by atoms with E-state index >= 15 is 0 Å². The van der Waals surface area contributed by atoms with E-state index in [1.807, 2.05) is 31.3 Å². The average molecular weight is 421 g/mol. The highest BCUT2D eigenvalue weighted by atomic mass is 16.2. The van der Waals surface area contributed by atoms with E-state index in [0.29, 0.717) is 12.1 Å². The number of likely N-dealkylation sites (N-methyl/N-ethyl adjacent to an activating group) is 1. The molecule has 0 aromatic heterocycles. The standard InChI is InChI=1S/C25H32N4O2/c1-27(18-19-9-4-3-5-10-19)15-8-14-26-24(30)20-12-13-21-23(17-20)28(2)25(31)22-11-6-7-16-29(21)22/h3-5,9-10,12-13,17,22H,6-8,11,14-16,18H2,1-2H3,(H,26,30)/t22-/m0/s1. The lowest BCUT2D eigenvalue weighted by Gasteiger charge is -2.44. The van der Waals surface area contributed by atoms with Crippen molar-refractivity contribution in [3.05, 3.63) is 59.7 Å². The normalized spacial score (nSPS) is 18.0. The van der Waals surface area contributed by atoms with Crippen LogP contribution in [-0.2, 0) is 11.3 Å². The number of fused-ring (bicyclic) bond motifs is 3. The Labute approximate surface area is 184 Å². The number of piperidine rings is 1. The van der Waals surface area contributed by atoms with Gasteiger partial charge in [0.2, 0.25) is 5.91 Å². The van der Waals surface area contributed by atoms with Crippen LogP contribution in [0.15, 0.2) is 48.5 Å². The Morgan fingerprint density at radius 1 is 1.13 bits per heavy atom. The van der Waals surface area contributed by atoms with Gasteiger partial charge in [-0.2, -0.15) is 0 Å². The van der Waals surface area contributed by atoms with Crippen LogP contribution in [0.2, 0.25) is 0 Å². The average Bonchev–Trinajstić information content (AvgIpc) is 2.80. The number of carbonyl (C=O) groups is 2. The van der Waals surface area contributed by atoms with Crippen LogP contribution >= 0.6 is 0 Å². The summed E-state index contributed by atoms with van der Waals surface area (Å²) in [7, 11) is 3.91. The van der Waals surface area contributed by atoms with Crippen molar-refractivity contribution in [2.45, 2.75) is 38.3 Å². The monoisotopic (exact) mass is 420 g/mol. The number of benzene rings is 2. The first-order chi connectivity index (χ1) is 15.0. The number of amides is 2. The summed E-state index contributed by atoms with van der Waals surface area (Å²) in [4.78, 5) is 31.7. The Bertz CT molecular complexity index is 930. The maximum atomic E-state index is 12.8. The maximum Gasteiger partial charge on any atom is 0.251 e. The van der Waals surface area contributed by atoms with Crippen molar-refractivity contribution in [1.29, 1.82) is 0 Å². The van der Waals surface area contributed by atoms with Crippen LogP contribution in [0.3, 0.4) is 0 Å². The first-order valence-electron chi connectivity index (χ1n) is 11.2. The van der Waals surface area contributed by atoms with Crippen molar-refractivity contribution in [3.63, 3.8) is 0 Å². The minimum absolute atomic E-state index is 0.0567. The van der Waals surface area contributed by atoms with E-state index < -0.39 is 0 Å². The molecule has 2 amide bonds. The van der Waals surface area contributed by atoms with Gasteiger partial charge < -0.3 is 20.0 Å². The molecule has 1 saturated heterocycles. The fraction of sp³-hybridized carbons (Fsp3) is 0.440. The zero-order valence-corrected chi connectivity index (χ0v) is 18.5. The Hall–Kier alpha value is -2.86. The van der Waals surface area contributed by atoms with Gasteiger partial charge in [0, 0.05) is 32.2 Å². The summed E-state index contributed by atoms with van der Waals surface area (Å²) in [5.74, 6) is 0.0429. The van der Waals surface area contributed by atoms with Gasteiger partial charge in [-0.1, -0.05) is 30.3 Å². The molecule has 0 aliphatic carbocycles. The number of carbonyl (C=O) groups excluding carboxylic acids is 2. The van der Waals surface area contributed by atoms with Crippen LogP contribution in [0.1, 0.15) is 41.6 Å². The predicted octanol–water partition coefficient (Wildman–Crippen LogP) is 3.27. The van der Waals surface area contributed by atoms with Crippen LogP contribution in [-0.4, -0.2) is 56.5 Å². The van der Waals surface area contributed by atoms with E-state index in [1.54, 1.807) is 4.90 Å². The fourth-order valence-corrected chi connectivity index (χ4v) is 4.62. The van der Waals surface area contributed by atoms with Crippen molar-refractivity contribution >= 4 is 23.2 Å². The number of nitrogens with one attached hydrogen (secondary N) is 1. The highest BCUT2D eigenvalue weighted by molar-refractivity contribution is 6.07. The summed E-state index contributed by atoms with van der Waals surface area (Å²) in [5.41, 5.74) is 3.79. The highest BCUT2D eigenvalue weighted by Crippen LogP contribution is 2.39. The van der Waals surface area contributed by atoms with Crippen molar-refractivity contribution in [2.24, 2.45) is 0 Å². The molecule has 0 bridgehead atoms. The molecule has 2 aliphatic rings. The minimum atomic E-state index is -0.0878. The third-order valence-electron chi connectivity index (χ3n) is 6.32. The van der Waals surface area contributed by atoms with E-state index in [4.69, 9.17) is 0 Å². The molecule has 31 heavy (non-hydrogen) atoms. The largest absolute Gasteiger partial charge is 0.358 e. The number of hydrogen-bond acceptors (Lipinski definition) is 4. The lowest BCUT2D eigenvalue weighted by molar-refractivity contribution is -0.120. The maximum absolute atomic E-state index is 12.8. The smallest absolute Gasteiger partial charge is 0.251 e. The van der Waals surface area contributed by atoms with E-state index in [9.17, 15) is 9.59 Å². The molecule has 6 nitrogen and oxygen atoms in total. The van der Waals surface area contributed by atoms with E-state index in [-0.39, 0.29) is 17.9 Å². The molecule has 2 heterocycles. The van der Waals surface area contributed by atoms with Gasteiger partial charge in [0.1, 0.15) is 6.04 Å². The lowest BCUT2D eigenvalue weighted by Crippen LogP contribution is -2.54. The molecule has 0 radical (unpaired) electrons. The Balaban J connectivity index is 1.32. The molecular weight excluding hydrogens is 388 g/mol. The van der Waals surface area contributed by atoms with Crippen LogP contribution < -0.4 is 15.1 Å². The summed E-state index contributed by atoms with van der Waals surface area (Å²) in [6, 6.07) is 16.1. The Morgan fingerprint density at radius 3 is 2.74 bits per heavy atom. The summed E-state index contributed by atoms with van der Waals surface area (Å²) >= 11 is 0. The van der Waals surface area contributed by atoms with Gasteiger partial charge in [0.05, 0.1) is 11.4 Å². The van der Waals surface area contributed by atoms with E-state index in [0.717, 1.165) is 56.7 Å². The molecule has 1 atom stereocenters. The van der Waals surface area contributed by atoms with Crippen molar-refractivity contribution < 1.29 is 9.59 Å². The molecule has 1 N–H and O–H groups in total. The zero-order chi connectivity index (χ0) is 21.8. The second kappa shape index (κ2) is 9.52. The molecule has 1 fully saturated rings. The first kappa shape index (κ1) is 21.4. The van der Waals surface area contributed by atoms with Crippen LogP contribution in [0.25, 0.3) is 0 Å². The van der Waals surface area contributed by atoms with Crippen molar-refractivity contribution in [2.75, 3.05) is 43.5 Å². The van der Waals surface area contributed by atoms with Crippen molar-refractivity contribution in [1.82, 2.24) is 10.2 Å². The summed E-state index contributed by atoms with van der Waals surface area (Å²) in [5, 5.41) is 3.02. The third kappa shape index (κ3) is 4.74. The first-order valence-corrected chi connectivity index (χ1v) is 11.2. The molecular formula is C25H32N4O2. The van der Waals surface area contributed by atoms with Crippen molar-refractivity contribution in [3.8, 4) is 0 Å². The van der Waals surface area contributed by atoms with E-state index in [2.05, 4.69) is 46.4 Å². The van der Waals surface area contributed by atoms with Gasteiger partial charge in [-0.15, -0.1) is 0 Å². The van der Waals surface area contributed by atoms with Gasteiger partial charge in [0.15, 0.2) is 0 Å². The van der Waals surface area contributed by atoms with Crippen LogP contribution in [0, 0.1) is 0 Å². The second-order valence-corrected chi connectivity index (χ2v) is 8.64. The molecule has 0 saturated carbocycles. The fourth-order valence-electron chi connectivity index (χ4n) is 4.62. The zero-order valence-electron chi connectivity index (χ0n) is 18.5. The molecule has 2 aromatic rings. The Kier molecular flexibility index (Phi) is 6.56. The van der Waals surface area contributed by atoms with Gasteiger partial charge in [-0.3, -0.25) is 9.59 Å². The molecule has 2 aromatic carbocycles. The van der Waals surface area contributed by atoms with Crippen LogP contribution in [0.4, 0.5) is 11.4 Å². The summed E-state index contributed by atoms with van der Waals surface area (Å²) < 4.78 is 0. The van der Waals surface area contributed by atoms with Gasteiger partial charge in [0.25, 0.3) is 5.91 Å². The number of rotatable bonds is 7. The molecule has 4 rings (SSSR count). The lowest BCUT2D eigenvalue weighted by atomic mass is 9.96.